The maximum atomic E-state index is 12.9. The summed E-state index contributed by atoms with van der Waals surface area (Å²) in [4.78, 5) is 14.8. The summed E-state index contributed by atoms with van der Waals surface area (Å²) in [5.74, 6) is 2.63. The zero-order valence-electron chi connectivity index (χ0n) is 14.4. The lowest BCUT2D eigenvalue weighted by Gasteiger charge is -2.20. The van der Waals surface area contributed by atoms with Gasteiger partial charge in [-0.2, -0.15) is 16.9 Å². The van der Waals surface area contributed by atoms with E-state index in [9.17, 15) is 4.79 Å². The number of aryl methyl sites for hydroxylation is 2. The molecule has 0 radical (unpaired) electrons. The Hall–Kier alpha value is -2.15. The molecule has 1 amide bonds. The summed E-state index contributed by atoms with van der Waals surface area (Å²) in [7, 11) is 0. The van der Waals surface area contributed by atoms with E-state index < -0.39 is 0 Å². The minimum atomic E-state index is 0.0793. The first-order valence-corrected chi connectivity index (χ1v) is 9.50. The third-order valence-electron chi connectivity index (χ3n) is 4.74. The van der Waals surface area contributed by atoms with Crippen molar-refractivity contribution in [3.05, 3.63) is 40.7 Å². The Balaban J connectivity index is 1.48. The summed E-state index contributed by atoms with van der Waals surface area (Å²) >= 11 is 1.90. The van der Waals surface area contributed by atoms with Gasteiger partial charge in [0.2, 0.25) is 6.79 Å². The number of nitrogens with one attached hydrogen (secondary N) is 1. The SMILES string of the molecule is Cc1n[nH]c(C)c1C(=O)N1CCSC(c2ccc3c(c2)OCO3)CC1. The number of fused-ring (bicyclic) bond motifs is 1. The van der Waals surface area contributed by atoms with Crippen LogP contribution in [0.4, 0.5) is 0 Å². The minimum absolute atomic E-state index is 0.0793. The van der Waals surface area contributed by atoms with Crippen LogP contribution in [0.25, 0.3) is 0 Å². The first kappa shape index (κ1) is 16.3. The number of H-pyrrole nitrogens is 1. The van der Waals surface area contributed by atoms with Crippen LogP contribution in [-0.4, -0.2) is 46.6 Å². The first-order chi connectivity index (χ1) is 12.1. The highest BCUT2D eigenvalue weighted by Gasteiger charge is 2.26. The van der Waals surface area contributed by atoms with Gasteiger partial charge in [-0.05, 0) is 38.0 Å². The van der Waals surface area contributed by atoms with E-state index in [1.54, 1.807) is 0 Å². The Morgan fingerprint density at radius 1 is 1.28 bits per heavy atom. The fraction of sp³-hybridized carbons (Fsp3) is 0.444. The molecule has 7 heteroatoms. The van der Waals surface area contributed by atoms with E-state index in [2.05, 4.69) is 22.3 Å². The minimum Gasteiger partial charge on any atom is -0.454 e. The molecule has 1 aromatic heterocycles. The molecule has 2 aliphatic heterocycles. The van der Waals surface area contributed by atoms with Crippen LogP contribution in [0.3, 0.4) is 0 Å². The molecule has 1 unspecified atom stereocenters. The van der Waals surface area contributed by atoms with Crippen molar-refractivity contribution in [2.45, 2.75) is 25.5 Å². The Morgan fingerprint density at radius 3 is 2.92 bits per heavy atom. The van der Waals surface area contributed by atoms with Crippen molar-refractivity contribution >= 4 is 17.7 Å². The second-order valence-electron chi connectivity index (χ2n) is 6.36. The molecule has 2 aromatic rings. The summed E-state index contributed by atoms with van der Waals surface area (Å²) in [6.07, 6.45) is 0.923. The number of thioether (sulfide) groups is 1. The number of amides is 1. The van der Waals surface area contributed by atoms with Crippen LogP contribution in [0.15, 0.2) is 18.2 Å². The highest BCUT2D eigenvalue weighted by molar-refractivity contribution is 7.99. The Morgan fingerprint density at radius 2 is 2.12 bits per heavy atom. The molecule has 25 heavy (non-hydrogen) atoms. The first-order valence-electron chi connectivity index (χ1n) is 8.45. The van der Waals surface area contributed by atoms with Gasteiger partial charge in [-0.3, -0.25) is 9.89 Å². The maximum absolute atomic E-state index is 12.9. The second kappa shape index (κ2) is 6.63. The van der Waals surface area contributed by atoms with Gasteiger partial charge in [0.25, 0.3) is 5.91 Å². The predicted octanol–water partition coefficient (Wildman–Crippen LogP) is 3.08. The molecule has 1 N–H and O–H groups in total. The van der Waals surface area contributed by atoms with E-state index >= 15 is 0 Å². The number of rotatable bonds is 2. The van der Waals surface area contributed by atoms with Crippen LogP contribution < -0.4 is 9.47 Å². The highest BCUT2D eigenvalue weighted by atomic mass is 32.2. The quantitative estimate of drug-likeness (QED) is 0.892. The molecule has 1 saturated heterocycles. The monoisotopic (exact) mass is 359 g/mol. The van der Waals surface area contributed by atoms with Crippen LogP contribution >= 0.6 is 11.8 Å². The number of carbonyl (C=O) groups is 1. The van der Waals surface area contributed by atoms with E-state index in [0.717, 1.165) is 48.2 Å². The smallest absolute Gasteiger partial charge is 0.257 e. The standard InChI is InChI=1S/C18H21N3O3S/c1-11-17(12(2)20-19-11)18(22)21-6-5-16(25-8-7-21)13-3-4-14-15(9-13)24-10-23-14/h3-4,9,16H,5-8,10H2,1-2H3,(H,19,20). The fourth-order valence-corrected chi connectivity index (χ4v) is 4.60. The topological polar surface area (TPSA) is 67.5 Å². The lowest BCUT2D eigenvalue weighted by atomic mass is 10.1. The summed E-state index contributed by atoms with van der Waals surface area (Å²) in [6, 6.07) is 6.15. The van der Waals surface area contributed by atoms with Crippen LogP contribution in [-0.2, 0) is 0 Å². The van der Waals surface area contributed by atoms with Gasteiger partial charge < -0.3 is 14.4 Å². The highest BCUT2D eigenvalue weighted by Crippen LogP contribution is 2.40. The van der Waals surface area contributed by atoms with Gasteiger partial charge in [-0.1, -0.05) is 6.07 Å². The number of benzene rings is 1. The predicted molar refractivity (Wildman–Crippen MR) is 96.3 cm³/mol. The molecule has 6 nitrogen and oxygen atoms in total. The van der Waals surface area contributed by atoms with Crippen LogP contribution in [0.2, 0.25) is 0 Å². The number of nitrogens with zero attached hydrogens (tertiary/aromatic N) is 2. The molecule has 0 aliphatic carbocycles. The van der Waals surface area contributed by atoms with Gasteiger partial charge in [-0.25, -0.2) is 0 Å². The van der Waals surface area contributed by atoms with E-state index in [4.69, 9.17) is 9.47 Å². The molecule has 0 bridgehead atoms. The van der Waals surface area contributed by atoms with E-state index in [0.29, 0.717) is 17.6 Å². The van der Waals surface area contributed by atoms with Crippen molar-refractivity contribution in [3.63, 3.8) is 0 Å². The number of hydrogen-bond acceptors (Lipinski definition) is 5. The molecular weight excluding hydrogens is 338 g/mol. The summed E-state index contributed by atoms with van der Waals surface area (Å²) in [6.45, 7) is 5.57. The second-order valence-corrected chi connectivity index (χ2v) is 7.67. The van der Waals surface area contributed by atoms with Crippen LogP contribution in [0, 0.1) is 13.8 Å². The molecular formula is C18H21N3O3S. The summed E-state index contributed by atoms with van der Waals surface area (Å²) in [5.41, 5.74) is 3.56. The maximum Gasteiger partial charge on any atom is 0.257 e. The third kappa shape index (κ3) is 3.08. The average molecular weight is 359 g/mol. The molecule has 4 rings (SSSR count). The van der Waals surface area contributed by atoms with Crippen molar-refractivity contribution in [2.75, 3.05) is 25.6 Å². The van der Waals surface area contributed by atoms with E-state index in [1.165, 1.54) is 5.56 Å². The van der Waals surface area contributed by atoms with Gasteiger partial charge in [0.1, 0.15) is 0 Å². The van der Waals surface area contributed by atoms with Gasteiger partial charge in [0, 0.05) is 29.8 Å². The van der Waals surface area contributed by atoms with Crippen molar-refractivity contribution in [3.8, 4) is 11.5 Å². The van der Waals surface area contributed by atoms with E-state index in [1.807, 2.05) is 36.6 Å². The lowest BCUT2D eigenvalue weighted by Crippen LogP contribution is -2.33. The molecule has 132 valence electrons. The van der Waals surface area contributed by atoms with Crippen molar-refractivity contribution < 1.29 is 14.3 Å². The van der Waals surface area contributed by atoms with Crippen LogP contribution in [0.1, 0.15) is 39.0 Å². The molecule has 0 spiro atoms. The molecule has 2 aliphatic rings. The molecule has 1 fully saturated rings. The summed E-state index contributed by atoms with van der Waals surface area (Å²) < 4.78 is 10.9. The molecule has 1 atom stereocenters. The van der Waals surface area contributed by atoms with Crippen molar-refractivity contribution in [2.24, 2.45) is 0 Å². The molecule has 0 saturated carbocycles. The number of aromatic nitrogens is 2. The molecule has 1 aromatic carbocycles. The lowest BCUT2D eigenvalue weighted by molar-refractivity contribution is 0.0765. The van der Waals surface area contributed by atoms with Crippen molar-refractivity contribution in [1.82, 2.24) is 15.1 Å². The van der Waals surface area contributed by atoms with Gasteiger partial charge >= 0.3 is 0 Å². The number of ether oxygens (including phenoxy) is 2. The third-order valence-corrected chi connectivity index (χ3v) is 6.07. The zero-order chi connectivity index (χ0) is 17.4. The van der Waals surface area contributed by atoms with Gasteiger partial charge in [0.05, 0.1) is 11.3 Å². The zero-order valence-corrected chi connectivity index (χ0v) is 15.2. The Labute approximate surface area is 150 Å². The van der Waals surface area contributed by atoms with Gasteiger partial charge in [0.15, 0.2) is 11.5 Å². The Kier molecular flexibility index (Phi) is 4.33. The largest absolute Gasteiger partial charge is 0.454 e. The number of aromatic amines is 1. The normalized spacial score (nSPS) is 19.8. The fourth-order valence-electron chi connectivity index (χ4n) is 3.38. The summed E-state index contributed by atoms with van der Waals surface area (Å²) in [5, 5.41) is 7.41. The van der Waals surface area contributed by atoms with Crippen molar-refractivity contribution in [1.29, 1.82) is 0 Å². The number of hydrogen-bond donors (Lipinski definition) is 1. The van der Waals surface area contributed by atoms with Gasteiger partial charge in [-0.15, -0.1) is 0 Å². The Bertz CT molecular complexity index is 785. The average Bonchev–Trinajstić information content (AvgIpc) is 3.11. The number of carbonyl (C=O) groups excluding carboxylic acids is 1. The van der Waals surface area contributed by atoms with E-state index in [-0.39, 0.29) is 5.91 Å². The molecule has 3 heterocycles. The van der Waals surface area contributed by atoms with Crippen LogP contribution in [0.5, 0.6) is 11.5 Å².